The van der Waals surface area contributed by atoms with E-state index < -0.39 is 0 Å². The van der Waals surface area contributed by atoms with Crippen LogP contribution in [0.25, 0.3) is 10.8 Å². The Hall–Kier alpha value is -0.860. The minimum absolute atomic E-state index is 0.303. The van der Waals surface area contributed by atoms with Gasteiger partial charge in [-0.2, -0.15) is 0 Å². The van der Waals surface area contributed by atoms with E-state index in [1.807, 2.05) is 0 Å². The Morgan fingerprint density at radius 3 is 2.62 bits per heavy atom. The third kappa shape index (κ3) is 2.64. The third-order valence-corrected chi connectivity index (χ3v) is 6.11. The van der Waals surface area contributed by atoms with Crippen molar-refractivity contribution in [2.45, 2.75) is 38.2 Å². The highest BCUT2D eigenvalue weighted by molar-refractivity contribution is 9.10. The first kappa shape index (κ1) is 13.8. The van der Waals surface area contributed by atoms with Crippen LogP contribution in [0.5, 0.6) is 0 Å². The number of benzene rings is 2. The van der Waals surface area contributed by atoms with E-state index in [2.05, 4.69) is 52.3 Å². The summed E-state index contributed by atoms with van der Waals surface area (Å²) >= 11 is 3.51. The molecule has 2 aromatic carbocycles. The zero-order chi connectivity index (χ0) is 14.4. The normalized spacial score (nSPS) is 29.1. The van der Waals surface area contributed by atoms with Gasteiger partial charge in [0.25, 0.3) is 0 Å². The largest absolute Gasteiger partial charge is 0.388 e. The van der Waals surface area contributed by atoms with E-state index in [0.29, 0.717) is 0 Å². The van der Waals surface area contributed by atoms with Crippen molar-refractivity contribution in [1.29, 1.82) is 0 Å². The number of hydrogen-bond donors (Lipinski definition) is 1. The average Bonchev–Trinajstić information content (AvgIpc) is 3.09. The van der Waals surface area contributed by atoms with Gasteiger partial charge in [-0.1, -0.05) is 40.5 Å². The Morgan fingerprint density at radius 1 is 1.05 bits per heavy atom. The molecule has 2 bridgehead atoms. The zero-order valence-electron chi connectivity index (χ0n) is 12.1. The number of halogens is 1. The van der Waals surface area contributed by atoms with Gasteiger partial charge in [-0.15, -0.1) is 0 Å². The van der Waals surface area contributed by atoms with Crippen LogP contribution >= 0.6 is 15.9 Å². The lowest BCUT2D eigenvalue weighted by molar-refractivity contribution is 0.125. The second-order valence-corrected chi connectivity index (χ2v) is 7.85. The minimum Gasteiger partial charge on any atom is -0.388 e. The van der Waals surface area contributed by atoms with Gasteiger partial charge in [0.1, 0.15) is 0 Å². The van der Waals surface area contributed by atoms with Gasteiger partial charge in [0.2, 0.25) is 0 Å². The van der Waals surface area contributed by atoms with Crippen molar-refractivity contribution in [2.75, 3.05) is 0 Å². The summed E-state index contributed by atoms with van der Waals surface area (Å²) in [5, 5.41) is 13.0. The van der Waals surface area contributed by atoms with E-state index in [4.69, 9.17) is 0 Å². The summed E-state index contributed by atoms with van der Waals surface area (Å²) in [6.07, 6.45) is 6.24. The predicted octanol–water partition coefficient (Wildman–Crippen LogP) is 5.46. The van der Waals surface area contributed by atoms with Crippen LogP contribution in [-0.2, 0) is 0 Å². The highest BCUT2D eigenvalue weighted by Gasteiger charge is 2.40. The molecule has 2 saturated carbocycles. The summed E-state index contributed by atoms with van der Waals surface area (Å²) in [5.41, 5.74) is 1.08. The fraction of sp³-hybridized carbons (Fsp3) is 0.474. The molecule has 2 aliphatic carbocycles. The standard InChI is InChI=1S/C19H21BrO/c20-18-6-5-14-9-16(4-3-15(14)10-18)19(21)11-17-8-12-1-2-13(17)7-12/h3-6,9-10,12-13,17,19,21H,1-2,7-8,11H2. The summed E-state index contributed by atoms with van der Waals surface area (Å²) < 4.78 is 1.10. The van der Waals surface area contributed by atoms with Crippen molar-refractivity contribution in [3.8, 4) is 0 Å². The molecule has 4 unspecified atom stereocenters. The van der Waals surface area contributed by atoms with Gasteiger partial charge in [0.15, 0.2) is 0 Å². The lowest BCUT2D eigenvalue weighted by Crippen LogP contribution is -2.14. The molecule has 21 heavy (non-hydrogen) atoms. The molecule has 0 radical (unpaired) electrons. The molecule has 110 valence electrons. The maximum absolute atomic E-state index is 10.6. The molecule has 2 fully saturated rings. The van der Waals surface area contributed by atoms with Gasteiger partial charge in [-0.3, -0.25) is 0 Å². The van der Waals surface area contributed by atoms with E-state index >= 15 is 0 Å². The van der Waals surface area contributed by atoms with Crippen LogP contribution in [0.15, 0.2) is 40.9 Å². The minimum atomic E-state index is -0.303. The maximum atomic E-state index is 10.6. The van der Waals surface area contributed by atoms with Crippen molar-refractivity contribution in [2.24, 2.45) is 17.8 Å². The lowest BCUT2D eigenvalue weighted by Gasteiger charge is -2.24. The fourth-order valence-electron chi connectivity index (χ4n) is 4.53. The molecule has 2 heteroatoms. The molecule has 0 amide bonds. The Morgan fingerprint density at radius 2 is 1.86 bits per heavy atom. The summed E-state index contributed by atoms with van der Waals surface area (Å²) in [5.74, 6) is 2.60. The van der Waals surface area contributed by atoms with E-state index in [9.17, 15) is 5.11 Å². The molecule has 0 saturated heterocycles. The molecule has 0 heterocycles. The molecule has 4 atom stereocenters. The quantitative estimate of drug-likeness (QED) is 0.783. The SMILES string of the molecule is OC(CC1CC2CCC1C2)c1ccc2cc(Br)ccc2c1. The number of aliphatic hydroxyl groups is 1. The van der Waals surface area contributed by atoms with Crippen molar-refractivity contribution < 1.29 is 5.11 Å². The first-order valence-electron chi connectivity index (χ1n) is 8.06. The van der Waals surface area contributed by atoms with Crippen LogP contribution in [-0.4, -0.2) is 5.11 Å². The van der Waals surface area contributed by atoms with Gasteiger partial charge in [0.05, 0.1) is 6.10 Å². The number of fused-ring (bicyclic) bond motifs is 3. The fourth-order valence-corrected chi connectivity index (χ4v) is 4.91. The Labute approximate surface area is 134 Å². The number of hydrogen-bond acceptors (Lipinski definition) is 1. The summed E-state index contributed by atoms with van der Waals surface area (Å²) in [6, 6.07) is 12.7. The van der Waals surface area contributed by atoms with Crippen molar-refractivity contribution in [3.05, 3.63) is 46.4 Å². The lowest BCUT2D eigenvalue weighted by atomic mass is 9.83. The first-order valence-corrected chi connectivity index (χ1v) is 8.85. The topological polar surface area (TPSA) is 20.2 Å². The van der Waals surface area contributed by atoms with Crippen LogP contribution in [0.1, 0.15) is 43.8 Å². The molecule has 2 aromatic rings. The molecule has 0 aromatic heterocycles. The molecule has 0 aliphatic heterocycles. The Bertz CT molecular complexity index is 666. The van der Waals surface area contributed by atoms with Gasteiger partial charge >= 0.3 is 0 Å². The van der Waals surface area contributed by atoms with Gasteiger partial charge < -0.3 is 5.11 Å². The first-order chi connectivity index (χ1) is 10.2. The van der Waals surface area contributed by atoms with E-state index in [1.54, 1.807) is 0 Å². The molecule has 2 aliphatic rings. The van der Waals surface area contributed by atoms with E-state index in [1.165, 1.54) is 36.5 Å². The predicted molar refractivity (Wildman–Crippen MR) is 90.2 cm³/mol. The molecule has 0 spiro atoms. The summed E-state index contributed by atoms with van der Waals surface area (Å²) in [4.78, 5) is 0. The third-order valence-electron chi connectivity index (χ3n) is 5.62. The average molecular weight is 345 g/mol. The second kappa shape index (κ2) is 5.40. The molecular weight excluding hydrogens is 324 g/mol. The second-order valence-electron chi connectivity index (χ2n) is 6.94. The zero-order valence-corrected chi connectivity index (χ0v) is 13.7. The van der Waals surface area contributed by atoms with Crippen LogP contribution in [0.2, 0.25) is 0 Å². The molecule has 4 rings (SSSR count). The Balaban J connectivity index is 1.53. The Kier molecular flexibility index (Phi) is 3.55. The monoisotopic (exact) mass is 344 g/mol. The van der Waals surface area contributed by atoms with Gasteiger partial charge in [-0.25, -0.2) is 0 Å². The number of rotatable bonds is 3. The van der Waals surface area contributed by atoms with Gasteiger partial charge in [0, 0.05) is 4.47 Å². The molecule has 1 N–H and O–H groups in total. The number of aliphatic hydroxyl groups excluding tert-OH is 1. The highest BCUT2D eigenvalue weighted by atomic mass is 79.9. The van der Waals surface area contributed by atoms with Crippen molar-refractivity contribution in [1.82, 2.24) is 0 Å². The smallest absolute Gasteiger partial charge is 0.0793 e. The van der Waals surface area contributed by atoms with Crippen LogP contribution in [0.3, 0.4) is 0 Å². The summed E-state index contributed by atoms with van der Waals surface area (Å²) in [6.45, 7) is 0. The molecular formula is C19H21BrO. The maximum Gasteiger partial charge on any atom is 0.0793 e. The van der Waals surface area contributed by atoms with Crippen molar-refractivity contribution in [3.63, 3.8) is 0 Å². The van der Waals surface area contributed by atoms with Crippen molar-refractivity contribution >= 4 is 26.7 Å². The van der Waals surface area contributed by atoms with E-state index in [0.717, 1.165) is 34.2 Å². The van der Waals surface area contributed by atoms with Crippen LogP contribution in [0, 0.1) is 17.8 Å². The summed E-state index contributed by atoms with van der Waals surface area (Å²) in [7, 11) is 0. The van der Waals surface area contributed by atoms with Crippen LogP contribution in [0.4, 0.5) is 0 Å². The van der Waals surface area contributed by atoms with E-state index in [-0.39, 0.29) is 6.10 Å². The van der Waals surface area contributed by atoms with Crippen LogP contribution < -0.4 is 0 Å². The highest BCUT2D eigenvalue weighted by Crippen LogP contribution is 2.51. The molecule has 1 nitrogen and oxygen atoms in total. The van der Waals surface area contributed by atoms with Gasteiger partial charge in [-0.05, 0) is 78.0 Å².